The van der Waals surface area contributed by atoms with Gasteiger partial charge >= 0.3 is 0 Å². The van der Waals surface area contributed by atoms with Crippen molar-refractivity contribution in [1.29, 1.82) is 0 Å². The first kappa shape index (κ1) is 15.3. The molecular weight excluding hydrogens is 472 g/mol. The number of nitrogens with one attached hydrogen (secondary N) is 1. The highest BCUT2D eigenvalue weighted by Crippen LogP contribution is 2.30. The van der Waals surface area contributed by atoms with Crippen molar-refractivity contribution >= 4 is 51.1 Å². The zero-order valence-corrected chi connectivity index (χ0v) is 14.6. The highest BCUT2D eigenvalue weighted by atomic mass is 127. The van der Waals surface area contributed by atoms with Crippen LogP contribution in [0.2, 0.25) is 0 Å². The molecule has 1 amide bonds. The Morgan fingerprint density at radius 3 is 2.58 bits per heavy atom. The second kappa shape index (κ2) is 6.13. The molecule has 1 aromatic carbocycles. The Hall–Kier alpha value is -0.0900. The van der Waals surface area contributed by atoms with E-state index < -0.39 is 5.60 Å². The van der Waals surface area contributed by atoms with Crippen molar-refractivity contribution in [3.05, 3.63) is 24.8 Å². The maximum absolute atomic E-state index is 12.1. The van der Waals surface area contributed by atoms with Gasteiger partial charge in [-0.1, -0.05) is 12.8 Å². The molecule has 1 aromatic rings. The highest BCUT2D eigenvalue weighted by molar-refractivity contribution is 14.1. The lowest BCUT2D eigenvalue weighted by Crippen LogP contribution is -2.40. The van der Waals surface area contributed by atoms with E-state index in [1.807, 2.05) is 22.6 Å². The topological polar surface area (TPSA) is 69.6 Å². The van der Waals surface area contributed by atoms with E-state index in [-0.39, 0.29) is 23.8 Å². The molecule has 1 aliphatic rings. The van der Waals surface area contributed by atoms with Crippen LogP contribution in [0.1, 0.15) is 36.0 Å². The minimum absolute atomic E-state index is 0.00284. The normalized spacial score (nSPS) is 17.4. The summed E-state index contributed by atoms with van der Waals surface area (Å²) in [6.07, 6.45) is 3.45. The predicted octanol–water partition coefficient (Wildman–Crippen LogP) is 2.64. The summed E-state index contributed by atoms with van der Waals surface area (Å²) in [7, 11) is 0. The third-order valence-corrected chi connectivity index (χ3v) is 4.83. The number of rotatable bonds is 3. The molecule has 4 nitrogen and oxygen atoms in total. The summed E-state index contributed by atoms with van der Waals surface area (Å²) >= 11 is 4.10. The van der Waals surface area contributed by atoms with Crippen LogP contribution < -0.4 is 5.32 Å². The van der Waals surface area contributed by atoms with Crippen LogP contribution in [0.5, 0.6) is 5.75 Å². The molecule has 0 atom stereocenters. The minimum atomic E-state index is -0.777. The van der Waals surface area contributed by atoms with Gasteiger partial charge in [-0.15, -0.1) is 0 Å². The molecule has 0 aliphatic heterocycles. The van der Waals surface area contributed by atoms with Crippen LogP contribution in [0.4, 0.5) is 0 Å². The number of phenolic OH excluding ortho intramolecular Hbond substituents is 1. The Bertz CT molecular complexity index is 499. The molecule has 6 heteroatoms. The number of phenols is 1. The van der Waals surface area contributed by atoms with Gasteiger partial charge in [0.05, 0.1) is 14.7 Å². The molecule has 104 valence electrons. The molecule has 0 aromatic heterocycles. The molecule has 0 unspecified atom stereocenters. The van der Waals surface area contributed by atoms with Crippen molar-refractivity contribution in [3.8, 4) is 5.75 Å². The number of amides is 1. The summed E-state index contributed by atoms with van der Waals surface area (Å²) in [6, 6.07) is 3.45. The van der Waals surface area contributed by atoms with Crippen LogP contribution in [-0.4, -0.2) is 28.3 Å². The van der Waals surface area contributed by atoms with E-state index >= 15 is 0 Å². The van der Waals surface area contributed by atoms with E-state index in [9.17, 15) is 15.0 Å². The molecule has 1 saturated carbocycles. The predicted molar refractivity (Wildman–Crippen MR) is 89.3 cm³/mol. The Kier molecular flexibility index (Phi) is 4.93. The van der Waals surface area contributed by atoms with Gasteiger partial charge in [-0.3, -0.25) is 4.79 Å². The van der Waals surface area contributed by atoms with Crippen LogP contribution in [0.25, 0.3) is 0 Å². The van der Waals surface area contributed by atoms with Crippen molar-refractivity contribution in [2.24, 2.45) is 0 Å². The van der Waals surface area contributed by atoms with E-state index in [4.69, 9.17) is 0 Å². The van der Waals surface area contributed by atoms with Crippen LogP contribution in [0.15, 0.2) is 12.1 Å². The van der Waals surface area contributed by atoms with Crippen LogP contribution in [0, 0.1) is 7.14 Å². The smallest absolute Gasteiger partial charge is 0.255 e. The maximum Gasteiger partial charge on any atom is 0.255 e. The number of carbonyl (C=O) groups is 1. The molecule has 2 rings (SSSR count). The molecule has 0 heterocycles. The van der Waals surface area contributed by atoms with E-state index in [0.29, 0.717) is 3.57 Å². The Balaban J connectivity index is 2.08. The fourth-order valence-electron chi connectivity index (χ4n) is 2.29. The zero-order valence-electron chi connectivity index (χ0n) is 10.2. The second-order valence-electron chi connectivity index (χ2n) is 4.90. The Morgan fingerprint density at radius 2 is 1.95 bits per heavy atom. The minimum Gasteiger partial charge on any atom is -0.506 e. The van der Waals surface area contributed by atoms with E-state index in [1.54, 1.807) is 12.1 Å². The number of aliphatic hydroxyl groups is 1. The number of hydrogen-bond acceptors (Lipinski definition) is 3. The number of halogens is 2. The number of aromatic hydroxyl groups is 1. The van der Waals surface area contributed by atoms with E-state index in [2.05, 4.69) is 27.9 Å². The molecule has 3 N–H and O–H groups in total. The third-order valence-electron chi connectivity index (χ3n) is 3.39. The molecule has 0 radical (unpaired) electrons. The summed E-state index contributed by atoms with van der Waals surface area (Å²) in [5.74, 6) is -0.341. The lowest BCUT2D eigenvalue weighted by Gasteiger charge is -2.22. The van der Waals surface area contributed by atoms with Crippen LogP contribution in [-0.2, 0) is 0 Å². The molecular formula is C13H15I2NO3. The van der Waals surface area contributed by atoms with Crippen LogP contribution in [0.3, 0.4) is 0 Å². The SMILES string of the molecule is O=C(NCC1(O)CCCC1)c1cc(I)cc(I)c1O. The lowest BCUT2D eigenvalue weighted by atomic mass is 10.0. The fourth-order valence-corrected chi connectivity index (χ4v) is 4.13. The Morgan fingerprint density at radius 1 is 1.32 bits per heavy atom. The first-order valence-electron chi connectivity index (χ1n) is 6.10. The van der Waals surface area contributed by atoms with E-state index in [0.717, 1.165) is 29.3 Å². The van der Waals surface area contributed by atoms with Crippen molar-refractivity contribution in [2.45, 2.75) is 31.3 Å². The van der Waals surface area contributed by atoms with Crippen molar-refractivity contribution in [2.75, 3.05) is 6.54 Å². The summed E-state index contributed by atoms with van der Waals surface area (Å²) in [5, 5.41) is 22.8. The van der Waals surface area contributed by atoms with Crippen molar-refractivity contribution < 1.29 is 15.0 Å². The first-order valence-corrected chi connectivity index (χ1v) is 8.26. The third kappa shape index (κ3) is 3.72. The molecule has 1 aliphatic carbocycles. The number of hydrogen-bond donors (Lipinski definition) is 3. The fraction of sp³-hybridized carbons (Fsp3) is 0.462. The van der Waals surface area contributed by atoms with Gasteiger partial charge in [0.2, 0.25) is 0 Å². The quantitative estimate of drug-likeness (QED) is 0.575. The summed E-state index contributed by atoms with van der Waals surface area (Å²) in [5.41, 5.74) is -0.515. The molecule has 19 heavy (non-hydrogen) atoms. The average molecular weight is 487 g/mol. The Labute approximate surface area is 139 Å². The second-order valence-corrected chi connectivity index (χ2v) is 7.31. The van der Waals surface area contributed by atoms with Gasteiger partial charge < -0.3 is 15.5 Å². The van der Waals surface area contributed by atoms with Crippen LogP contribution >= 0.6 is 45.2 Å². The maximum atomic E-state index is 12.1. The average Bonchev–Trinajstić information content (AvgIpc) is 2.78. The number of carbonyl (C=O) groups excluding carboxylic acids is 1. The molecule has 0 spiro atoms. The largest absolute Gasteiger partial charge is 0.506 e. The van der Waals surface area contributed by atoms with Gasteiger partial charge in [0.1, 0.15) is 5.75 Å². The lowest BCUT2D eigenvalue weighted by molar-refractivity contribution is 0.0449. The molecule has 0 bridgehead atoms. The van der Waals surface area contributed by atoms with Gasteiger partial charge in [-0.2, -0.15) is 0 Å². The van der Waals surface area contributed by atoms with Gasteiger partial charge in [-0.25, -0.2) is 0 Å². The summed E-state index contributed by atoms with van der Waals surface area (Å²) in [6.45, 7) is 0.243. The first-order chi connectivity index (χ1) is 8.91. The number of benzene rings is 1. The summed E-state index contributed by atoms with van der Waals surface area (Å²) < 4.78 is 1.54. The molecule has 1 fully saturated rings. The monoisotopic (exact) mass is 487 g/mol. The standard InChI is InChI=1S/C13H15I2NO3/c14-8-5-9(11(17)10(15)6-8)12(18)16-7-13(19)3-1-2-4-13/h5-6,17,19H,1-4,7H2,(H,16,18). The molecule has 0 saturated heterocycles. The van der Waals surface area contributed by atoms with E-state index in [1.165, 1.54) is 0 Å². The van der Waals surface area contributed by atoms with Gasteiger partial charge in [-0.05, 0) is 70.2 Å². The van der Waals surface area contributed by atoms with Gasteiger partial charge in [0.15, 0.2) is 0 Å². The van der Waals surface area contributed by atoms with Crippen molar-refractivity contribution in [1.82, 2.24) is 5.32 Å². The van der Waals surface area contributed by atoms with Gasteiger partial charge in [0, 0.05) is 10.1 Å². The van der Waals surface area contributed by atoms with Gasteiger partial charge in [0.25, 0.3) is 5.91 Å². The highest BCUT2D eigenvalue weighted by Gasteiger charge is 2.31. The zero-order chi connectivity index (χ0) is 14.0. The summed E-state index contributed by atoms with van der Waals surface area (Å²) in [4.78, 5) is 12.1. The van der Waals surface area contributed by atoms with Crippen molar-refractivity contribution in [3.63, 3.8) is 0 Å².